The molecule has 1 aliphatic rings. The molecule has 0 radical (unpaired) electrons. The summed E-state index contributed by atoms with van der Waals surface area (Å²) in [5.74, 6) is 0.463. The van der Waals surface area contributed by atoms with Crippen molar-refractivity contribution in [2.45, 2.75) is 26.4 Å². The zero-order valence-corrected chi connectivity index (χ0v) is 10.9. The predicted octanol–water partition coefficient (Wildman–Crippen LogP) is -0.585. The van der Waals surface area contributed by atoms with E-state index >= 15 is 0 Å². The Morgan fingerprint density at radius 1 is 1.41 bits per heavy atom. The fourth-order valence-corrected chi connectivity index (χ4v) is 1.99. The largest absolute Gasteiger partial charge is 0.391 e. The van der Waals surface area contributed by atoms with Crippen LogP contribution >= 0.6 is 0 Å². The van der Waals surface area contributed by atoms with Crippen LogP contribution in [0.25, 0.3) is 0 Å². The van der Waals surface area contributed by atoms with E-state index in [0.717, 1.165) is 32.6 Å². The van der Waals surface area contributed by atoms with E-state index in [1.54, 1.807) is 0 Å². The number of nitrogens with zero attached hydrogens (tertiary/aromatic N) is 1. The first-order valence-corrected chi connectivity index (χ1v) is 6.45. The van der Waals surface area contributed by atoms with Crippen LogP contribution in [0, 0.1) is 5.92 Å². The number of nitrogens with one attached hydrogen (secondary N) is 2. The van der Waals surface area contributed by atoms with E-state index in [1.165, 1.54) is 0 Å². The molecule has 0 spiro atoms. The molecule has 5 nitrogen and oxygen atoms in total. The van der Waals surface area contributed by atoms with Crippen LogP contribution < -0.4 is 10.6 Å². The van der Waals surface area contributed by atoms with Crippen molar-refractivity contribution in [2.24, 2.45) is 5.92 Å². The maximum Gasteiger partial charge on any atom is 0.234 e. The molecule has 1 aliphatic heterocycles. The lowest BCUT2D eigenvalue weighted by molar-refractivity contribution is -0.122. The molecule has 5 heteroatoms. The topological polar surface area (TPSA) is 64.6 Å². The van der Waals surface area contributed by atoms with Crippen molar-refractivity contribution in [1.82, 2.24) is 15.5 Å². The smallest absolute Gasteiger partial charge is 0.234 e. The van der Waals surface area contributed by atoms with Gasteiger partial charge in [-0.2, -0.15) is 0 Å². The summed E-state index contributed by atoms with van der Waals surface area (Å²) < 4.78 is 0. The third-order valence-electron chi connectivity index (χ3n) is 2.86. The lowest BCUT2D eigenvalue weighted by atomic mass is 10.1. The van der Waals surface area contributed by atoms with E-state index in [9.17, 15) is 9.90 Å². The molecule has 3 N–H and O–H groups in total. The summed E-state index contributed by atoms with van der Waals surface area (Å²) in [6, 6.07) is 0. The second-order valence-corrected chi connectivity index (χ2v) is 5.11. The Morgan fingerprint density at radius 2 is 2.06 bits per heavy atom. The average Bonchev–Trinajstić information content (AvgIpc) is 2.27. The van der Waals surface area contributed by atoms with Crippen LogP contribution in [-0.2, 0) is 4.79 Å². The van der Waals surface area contributed by atoms with Crippen molar-refractivity contribution in [3.05, 3.63) is 0 Å². The monoisotopic (exact) mass is 243 g/mol. The fraction of sp³-hybridized carbons (Fsp3) is 0.917. The number of carbonyl (C=O) groups excluding carboxylic acids is 1. The van der Waals surface area contributed by atoms with E-state index < -0.39 is 6.10 Å². The van der Waals surface area contributed by atoms with Crippen LogP contribution in [-0.4, -0.2) is 61.3 Å². The predicted molar refractivity (Wildman–Crippen MR) is 67.8 cm³/mol. The van der Waals surface area contributed by atoms with E-state index in [0.29, 0.717) is 19.0 Å². The molecule has 1 fully saturated rings. The van der Waals surface area contributed by atoms with Crippen molar-refractivity contribution in [2.75, 3.05) is 39.3 Å². The molecule has 1 saturated heterocycles. The summed E-state index contributed by atoms with van der Waals surface area (Å²) in [5.41, 5.74) is 0. The maximum atomic E-state index is 11.6. The van der Waals surface area contributed by atoms with Crippen molar-refractivity contribution in [3.8, 4) is 0 Å². The van der Waals surface area contributed by atoms with Crippen LogP contribution in [0.1, 0.15) is 20.3 Å². The number of carbonyl (C=O) groups is 1. The van der Waals surface area contributed by atoms with Crippen molar-refractivity contribution >= 4 is 5.91 Å². The number of rotatable bonds is 6. The van der Waals surface area contributed by atoms with Crippen molar-refractivity contribution in [3.63, 3.8) is 0 Å². The van der Waals surface area contributed by atoms with Gasteiger partial charge in [0.25, 0.3) is 0 Å². The number of amides is 1. The second kappa shape index (κ2) is 7.63. The Bertz CT molecular complexity index is 228. The Hall–Kier alpha value is -0.650. The average molecular weight is 243 g/mol. The highest BCUT2D eigenvalue weighted by Crippen LogP contribution is 2.03. The Labute approximate surface area is 104 Å². The van der Waals surface area contributed by atoms with E-state index in [1.807, 2.05) is 0 Å². The van der Waals surface area contributed by atoms with E-state index in [4.69, 9.17) is 0 Å². The van der Waals surface area contributed by atoms with Crippen LogP contribution in [0.4, 0.5) is 0 Å². The molecule has 1 unspecified atom stereocenters. The molecule has 1 atom stereocenters. The molecular weight excluding hydrogens is 218 g/mol. The number of aliphatic hydroxyl groups excluding tert-OH is 1. The van der Waals surface area contributed by atoms with Gasteiger partial charge >= 0.3 is 0 Å². The van der Waals surface area contributed by atoms with Gasteiger partial charge in [-0.3, -0.25) is 9.69 Å². The van der Waals surface area contributed by atoms with E-state index in [2.05, 4.69) is 29.4 Å². The van der Waals surface area contributed by atoms with Crippen LogP contribution in [0.2, 0.25) is 0 Å². The highest BCUT2D eigenvalue weighted by atomic mass is 16.3. The van der Waals surface area contributed by atoms with Gasteiger partial charge in [0.15, 0.2) is 0 Å². The van der Waals surface area contributed by atoms with Gasteiger partial charge in [0.1, 0.15) is 0 Å². The standard InChI is InChI=1S/C12H25N3O2/c1-10(2)7-11(16)8-14-12(17)9-15-5-3-13-4-6-15/h10-11,13,16H,3-9H2,1-2H3,(H,14,17). The molecule has 0 aliphatic carbocycles. The van der Waals surface area contributed by atoms with Gasteiger partial charge in [-0.15, -0.1) is 0 Å². The summed E-state index contributed by atoms with van der Waals surface area (Å²) in [6.07, 6.45) is 0.301. The van der Waals surface area contributed by atoms with Gasteiger partial charge in [0.05, 0.1) is 12.6 Å². The first-order chi connectivity index (χ1) is 8.08. The molecule has 1 rings (SSSR count). The highest BCUT2D eigenvalue weighted by Gasteiger charge is 2.14. The van der Waals surface area contributed by atoms with Crippen LogP contribution in [0.15, 0.2) is 0 Å². The quantitative estimate of drug-likeness (QED) is 0.584. The molecule has 0 saturated carbocycles. The molecule has 0 bridgehead atoms. The molecule has 100 valence electrons. The SMILES string of the molecule is CC(C)CC(O)CNC(=O)CN1CCNCC1. The molecule has 0 aromatic heterocycles. The van der Waals surface area contributed by atoms with Gasteiger partial charge in [-0.1, -0.05) is 13.8 Å². The normalized spacial score (nSPS) is 19.3. The molecule has 1 heterocycles. The summed E-state index contributed by atoms with van der Waals surface area (Å²) in [6.45, 7) is 8.66. The fourth-order valence-electron chi connectivity index (χ4n) is 1.99. The summed E-state index contributed by atoms with van der Waals surface area (Å²) >= 11 is 0. The minimum absolute atomic E-state index is 0.00899. The molecule has 0 aromatic carbocycles. The number of aliphatic hydroxyl groups is 1. The van der Waals surface area contributed by atoms with Gasteiger partial charge in [-0.25, -0.2) is 0 Å². The molecule has 1 amide bonds. The first kappa shape index (κ1) is 14.4. The van der Waals surface area contributed by atoms with E-state index in [-0.39, 0.29) is 5.91 Å². The first-order valence-electron chi connectivity index (χ1n) is 6.45. The zero-order chi connectivity index (χ0) is 12.7. The highest BCUT2D eigenvalue weighted by molar-refractivity contribution is 5.78. The lowest BCUT2D eigenvalue weighted by Crippen LogP contribution is -2.48. The third kappa shape index (κ3) is 6.61. The van der Waals surface area contributed by atoms with Crippen LogP contribution in [0.3, 0.4) is 0 Å². The van der Waals surface area contributed by atoms with Gasteiger partial charge < -0.3 is 15.7 Å². The van der Waals surface area contributed by atoms with Crippen LogP contribution in [0.5, 0.6) is 0 Å². The number of hydrogen-bond acceptors (Lipinski definition) is 4. The van der Waals surface area contributed by atoms with Gasteiger partial charge in [-0.05, 0) is 12.3 Å². The van der Waals surface area contributed by atoms with Gasteiger partial charge in [0.2, 0.25) is 5.91 Å². The Balaban J connectivity index is 2.11. The number of piperazine rings is 1. The van der Waals surface area contributed by atoms with Gasteiger partial charge in [0, 0.05) is 32.7 Å². The maximum absolute atomic E-state index is 11.6. The molecular formula is C12H25N3O2. The minimum atomic E-state index is -0.429. The molecule has 0 aromatic rings. The minimum Gasteiger partial charge on any atom is -0.391 e. The van der Waals surface area contributed by atoms with Crippen molar-refractivity contribution in [1.29, 1.82) is 0 Å². The summed E-state index contributed by atoms with van der Waals surface area (Å²) in [4.78, 5) is 13.7. The Morgan fingerprint density at radius 3 is 2.65 bits per heavy atom. The Kier molecular flexibility index (Phi) is 6.47. The summed E-state index contributed by atoms with van der Waals surface area (Å²) in [7, 11) is 0. The summed E-state index contributed by atoms with van der Waals surface area (Å²) in [5, 5.41) is 15.7. The third-order valence-corrected chi connectivity index (χ3v) is 2.86. The second-order valence-electron chi connectivity index (χ2n) is 5.11. The van der Waals surface area contributed by atoms with Crippen molar-refractivity contribution < 1.29 is 9.90 Å². The molecule has 17 heavy (non-hydrogen) atoms. The zero-order valence-electron chi connectivity index (χ0n) is 10.9. The lowest BCUT2D eigenvalue weighted by Gasteiger charge is -2.26. The number of hydrogen-bond donors (Lipinski definition) is 3.